The van der Waals surface area contributed by atoms with E-state index in [0.29, 0.717) is 31.6 Å². The van der Waals surface area contributed by atoms with Crippen molar-refractivity contribution >= 4 is 0 Å². The fourth-order valence-electron chi connectivity index (χ4n) is 12.5. The van der Waals surface area contributed by atoms with E-state index < -0.39 is 77.7 Å². The van der Waals surface area contributed by atoms with E-state index >= 15 is 0 Å². The van der Waals surface area contributed by atoms with Crippen molar-refractivity contribution in [2.45, 2.75) is 179 Å². The third kappa shape index (κ3) is 4.71. The lowest BCUT2D eigenvalue weighted by Gasteiger charge is -2.71. The van der Waals surface area contributed by atoms with Gasteiger partial charge in [0.15, 0.2) is 6.29 Å². The highest BCUT2D eigenvalue weighted by molar-refractivity contribution is 5.25. The monoisotopic (exact) mass is 654 g/mol. The molecule has 0 aromatic rings. The summed E-state index contributed by atoms with van der Waals surface area (Å²) in [6.07, 6.45) is -1.92. The van der Waals surface area contributed by atoms with Crippen molar-refractivity contribution in [2.75, 3.05) is 6.61 Å². The van der Waals surface area contributed by atoms with Crippen LogP contribution in [0.25, 0.3) is 0 Å². The van der Waals surface area contributed by atoms with E-state index in [2.05, 4.69) is 34.6 Å². The van der Waals surface area contributed by atoms with Crippen LogP contribution in [0.4, 0.5) is 0 Å². The maximum absolute atomic E-state index is 13.1. The number of rotatable bonds is 5. The zero-order valence-electron chi connectivity index (χ0n) is 29.3. The standard InChI is InChI=1S/C36H62O10/c1-30(2)21-9-13-33(6)22(32(21,5)12-10-23(30)38)17-19(44-29-27(41)26(40)25(39)20(18-37)45-29)28-34(33,7)15-16-36(28,43)35(8)14-11-24(46-35)31(3,4)42/h19-29,37-43H,9-18H2,1-8H3/t19-,20-,21+,22-,23-,24-,25-,26+,27-,28+,29-,32+,33-,34-,35+,36-/m1/s1. The number of hydrogen-bond acceptors (Lipinski definition) is 10. The lowest BCUT2D eigenvalue weighted by atomic mass is 9.35. The summed E-state index contributed by atoms with van der Waals surface area (Å²) in [7, 11) is 0. The molecular formula is C36H62O10. The molecular weight excluding hydrogens is 592 g/mol. The van der Waals surface area contributed by atoms with Gasteiger partial charge in [0.1, 0.15) is 24.4 Å². The van der Waals surface area contributed by atoms with Crippen molar-refractivity contribution in [3.05, 3.63) is 0 Å². The number of hydrogen-bond donors (Lipinski definition) is 7. The van der Waals surface area contributed by atoms with Gasteiger partial charge in [-0.05, 0) is 112 Å². The molecule has 0 radical (unpaired) electrons. The maximum atomic E-state index is 13.1. The van der Waals surface area contributed by atoms with E-state index in [9.17, 15) is 35.7 Å². The molecule has 0 spiro atoms. The Bertz CT molecular complexity index is 1160. The molecule has 10 heteroatoms. The fourth-order valence-corrected chi connectivity index (χ4v) is 12.5. The highest BCUT2D eigenvalue weighted by Crippen LogP contribution is 2.77. The number of aliphatic hydroxyl groups excluding tert-OH is 5. The molecule has 266 valence electrons. The van der Waals surface area contributed by atoms with Gasteiger partial charge >= 0.3 is 0 Å². The number of ether oxygens (including phenoxy) is 3. The van der Waals surface area contributed by atoms with Crippen molar-refractivity contribution in [2.24, 2.45) is 39.4 Å². The van der Waals surface area contributed by atoms with E-state index in [4.69, 9.17) is 14.2 Å². The smallest absolute Gasteiger partial charge is 0.186 e. The number of aliphatic hydroxyl groups is 7. The first kappa shape index (κ1) is 35.4. The third-order valence-corrected chi connectivity index (χ3v) is 15.5. The van der Waals surface area contributed by atoms with Crippen LogP contribution >= 0.6 is 0 Å². The Labute approximate surface area is 274 Å². The largest absolute Gasteiger partial charge is 0.394 e. The Morgan fingerprint density at radius 2 is 1.46 bits per heavy atom. The van der Waals surface area contributed by atoms with Gasteiger partial charge in [-0.3, -0.25) is 0 Å². The molecule has 2 heterocycles. The highest BCUT2D eigenvalue weighted by atomic mass is 16.7. The van der Waals surface area contributed by atoms with Crippen LogP contribution in [0.1, 0.15) is 113 Å². The van der Waals surface area contributed by atoms with Gasteiger partial charge in [-0.15, -0.1) is 0 Å². The predicted octanol–water partition coefficient (Wildman–Crippen LogP) is 2.65. The van der Waals surface area contributed by atoms with Crippen LogP contribution in [0.5, 0.6) is 0 Å². The second-order valence-corrected chi connectivity index (χ2v) is 18.4. The van der Waals surface area contributed by atoms with Crippen LogP contribution in [0, 0.1) is 39.4 Å². The second-order valence-electron chi connectivity index (χ2n) is 18.4. The molecule has 0 aromatic heterocycles. The van der Waals surface area contributed by atoms with Crippen molar-refractivity contribution < 1.29 is 50.0 Å². The highest BCUT2D eigenvalue weighted by Gasteiger charge is 2.76. The average Bonchev–Trinajstić information content (AvgIpc) is 3.53. The zero-order chi connectivity index (χ0) is 34.0. The summed E-state index contributed by atoms with van der Waals surface area (Å²) in [5.41, 5.74) is -4.30. The minimum absolute atomic E-state index is 0.110. The zero-order valence-corrected chi connectivity index (χ0v) is 29.3. The van der Waals surface area contributed by atoms with Crippen molar-refractivity contribution in [1.29, 1.82) is 0 Å². The Balaban J connectivity index is 1.44. The summed E-state index contributed by atoms with van der Waals surface area (Å²) in [5, 5.41) is 77.4. The van der Waals surface area contributed by atoms with Gasteiger partial charge in [0.2, 0.25) is 0 Å². The Morgan fingerprint density at radius 1 is 0.783 bits per heavy atom. The topological polar surface area (TPSA) is 169 Å². The molecule has 6 fully saturated rings. The molecule has 6 aliphatic rings. The molecule has 7 N–H and O–H groups in total. The summed E-state index contributed by atoms with van der Waals surface area (Å²) < 4.78 is 19.4. The van der Waals surface area contributed by atoms with E-state index in [1.54, 1.807) is 13.8 Å². The maximum Gasteiger partial charge on any atom is 0.186 e. The lowest BCUT2D eigenvalue weighted by molar-refractivity contribution is -0.344. The van der Waals surface area contributed by atoms with Gasteiger partial charge in [-0.25, -0.2) is 0 Å². The molecule has 0 bridgehead atoms. The summed E-state index contributed by atoms with van der Waals surface area (Å²) in [6.45, 7) is 16.4. The summed E-state index contributed by atoms with van der Waals surface area (Å²) in [5.74, 6) is 0.0327. The van der Waals surface area contributed by atoms with Crippen LogP contribution in [0.2, 0.25) is 0 Å². The lowest BCUT2D eigenvalue weighted by Crippen LogP contribution is -2.70. The molecule has 10 nitrogen and oxygen atoms in total. The van der Waals surface area contributed by atoms with E-state index in [0.717, 1.165) is 32.1 Å². The quantitative estimate of drug-likeness (QED) is 0.219. The molecule has 6 rings (SSSR count). The second kappa shape index (κ2) is 11.0. The van der Waals surface area contributed by atoms with Gasteiger partial charge < -0.3 is 50.0 Å². The first-order valence-corrected chi connectivity index (χ1v) is 17.9. The summed E-state index contributed by atoms with van der Waals surface area (Å²) >= 11 is 0. The Morgan fingerprint density at radius 3 is 2.07 bits per heavy atom. The van der Waals surface area contributed by atoms with Crippen LogP contribution in [0.15, 0.2) is 0 Å². The Hall–Kier alpha value is -0.400. The van der Waals surface area contributed by atoms with Crippen molar-refractivity contribution in [3.8, 4) is 0 Å². The van der Waals surface area contributed by atoms with Gasteiger partial charge in [-0.1, -0.05) is 34.6 Å². The van der Waals surface area contributed by atoms with Crippen molar-refractivity contribution in [3.63, 3.8) is 0 Å². The minimum Gasteiger partial charge on any atom is -0.394 e. The molecule has 0 aromatic carbocycles. The van der Waals surface area contributed by atoms with Crippen LogP contribution in [0.3, 0.4) is 0 Å². The van der Waals surface area contributed by atoms with E-state index in [-0.39, 0.29) is 28.3 Å². The van der Waals surface area contributed by atoms with Crippen LogP contribution < -0.4 is 0 Å². The third-order valence-electron chi connectivity index (χ3n) is 15.5. The van der Waals surface area contributed by atoms with Gasteiger partial charge in [0.05, 0.1) is 41.7 Å². The van der Waals surface area contributed by atoms with Gasteiger partial charge in [-0.2, -0.15) is 0 Å². The fraction of sp³-hybridized carbons (Fsp3) is 1.00. The molecule has 46 heavy (non-hydrogen) atoms. The Kier molecular flexibility index (Phi) is 8.51. The van der Waals surface area contributed by atoms with E-state index in [1.165, 1.54) is 0 Å². The molecule has 4 aliphatic carbocycles. The van der Waals surface area contributed by atoms with Gasteiger partial charge in [0.25, 0.3) is 0 Å². The summed E-state index contributed by atoms with van der Waals surface area (Å²) in [6, 6.07) is 0. The average molecular weight is 655 g/mol. The van der Waals surface area contributed by atoms with Gasteiger partial charge in [0, 0.05) is 5.92 Å². The van der Waals surface area contributed by atoms with Crippen LogP contribution in [-0.4, -0.2) is 108 Å². The predicted molar refractivity (Wildman–Crippen MR) is 169 cm³/mol. The van der Waals surface area contributed by atoms with Crippen LogP contribution in [-0.2, 0) is 14.2 Å². The first-order chi connectivity index (χ1) is 21.1. The molecule has 2 aliphatic heterocycles. The molecule has 4 saturated carbocycles. The van der Waals surface area contributed by atoms with Crippen molar-refractivity contribution in [1.82, 2.24) is 0 Å². The first-order valence-electron chi connectivity index (χ1n) is 17.9. The molecule has 0 amide bonds. The summed E-state index contributed by atoms with van der Waals surface area (Å²) in [4.78, 5) is 0. The number of fused-ring (bicyclic) bond motifs is 5. The molecule has 16 atom stereocenters. The normalized spacial score (nSPS) is 57.1. The van der Waals surface area contributed by atoms with E-state index in [1.807, 2.05) is 6.92 Å². The molecule has 0 unspecified atom stereocenters. The SMILES string of the molecule is CC(C)(O)[C@H]1CC[C@@](C)([C@@]2(O)CC[C@]3(C)[C@@H]2[C@H](O[C@@H]2O[C@H](CO)[C@@H](O)[C@H](O)[C@H]2O)C[C@@H]2[C@@]4(C)CC[C@@H](O)C(C)(C)[C@@H]4CC[C@]23C)O1. The minimum atomic E-state index is -1.57. The molecule has 2 saturated heterocycles.